The summed E-state index contributed by atoms with van der Waals surface area (Å²) in [6, 6.07) is 3.93. The lowest BCUT2D eigenvalue weighted by Gasteiger charge is -2.11. The molecule has 0 radical (unpaired) electrons. The predicted molar refractivity (Wildman–Crippen MR) is 75.0 cm³/mol. The Balaban J connectivity index is 2.38. The Morgan fingerprint density at radius 1 is 1.47 bits per heavy atom. The lowest BCUT2D eigenvalue weighted by atomic mass is 10.1. The monoisotopic (exact) mass is 265 g/mol. The highest BCUT2D eigenvalue weighted by molar-refractivity contribution is 5.75. The number of nitrogens with two attached hydrogens (primary N) is 1. The van der Waals surface area contributed by atoms with Crippen LogP contribution in [0.2, 0.25) is 0 Å². The summed E-state index contributed by atoms with van der Waals surface area (Å²) in [5.41, 5.74) is 6.84. The molecule has 0 fully saturated rings. The number of hydrogen-bond acceptors (Lipinski definition) is 4. The molecular weight excluding hydrogens is 242 g/mol. The van der Waals surface area contributed by atoms with E-state index in [9.17, 15) is 4.79 Å². The summed E-state index contributed by atoms with van der Waals surface area (Å²) < 4.78 is 5.47. The van der Waals surface area contributed by atoms with Gasteiger partial charge in [0.25, 0.3) is 0 Å². The Labute approximate surface area is 114 Å². The van der Waals surface area contributed by atoms with Crippen molar-refractivity contribution in [2.75, 3.05) is 20.7 Å². The summed E-state index contributed by atoms with van der Waals surface area (Å²) in [5.74, 6) is 0.735. The molecule has 1 aromatic rings. The average molecular weight is 265 g/mol. The Bertz CT molecular complexity index is 390. The predicted octanol–water partition coefficient (Wildman–Crippen LogP) is 1.22. The van der Waals surface area contributed by atoms with Gasteiger partial charge in [-0.15, -0.1) is 0 Å². The maximum Gasteiger partial charge on any atom is 0.225 e. The van der Waals surface area contributed by atoms with Gasteiger partial charge in [-0.2, -0.15) is 0 Å². The summed E-state index contributed by atoms with van der Waals surface area (Å²) >= 11 is 0. The molecule has 1 heterocycles. The van der Waals surface area contributed by atoms with Gasteiger partial charge in [-0.3, -0.25) is 9.78 Å². The van der Waals surface area contributed by atoms with Crippen molar-refractivity contribution in [2.45, 2.75) is 32.2 Å². The van der Waals surface area contributed by atoms with Crippen molar-refractivity contribution in [1.82, 2.24) is 9.88 Å². The quantitative estimate of drug-likeness (QED) is 0.805. The highest BCUT2D eigenvalue weighted by Crippen LogP contribution is 2.11. The number of aromatic nitrogens is 1. The topological polar surface area (TPSA) is 68.5 Å². The molecule has 0 bridgehead atoms. The minimum atomic E-state index is 0.0542. The van der Waals surface area contributed by atoms with Gasteiger partial charge in [-0.1, -0.05) is 6.92 Å². The van der Waals surface area contributed by atoms with E-state index in [1.165, 1.54) is 0 Å². The second-order valence-electron chi connectivity index (χ2n) is 4.74. The standard InChI is InChI=1S/C14H23N3O2/c1-4-11(15)9-12-5-6-13(10-16-12)19-8-7-14(18)17(2)3/h5-6,10-11H,4,7-9,15H2,1-3H3. The second-order valence-corrected chi connectivity index (χ2v) is 4.74. The maximum absolute atomic E-state index is 11.4. The van der Waals surface area contributed by atoms with Crippen molar-refractivity contribution in [3.63, 3.8) is 0 Å². The third kappa shape index (κ3) is 5.70. The third-order valence-corrected chi connectivity index (χ3v) is 2.88. The number of nitrogens with zero attached hydrogens (tertiary/aromatic N) is 2. The first kappa shape index (κ1) is 15.4. The van der Waals surface area contributed by atoms with Gasteiger partial charge in [0.1, 0.15) is 5.75 Å². The summed E-state index contributed by atoms with van der Waals surface area (Å²) in [7, 11) is 3.46. The first-order chi connectivity index (χ1) is 9.02. The van der Waals surface area contributed by atoms with Crippen LogP contribution >= 0.6 is 0 Å². The number of amides is 1. The van der Waals surface area contributed by atoms with Gasteiger partial charge >= 0.3 is 0 Å². The fourth-order valence-corrected chi connectivity index (χ4v) is 1.51. The number of hydrogen-bond donors (Lipinski definition) is 1. The highest BCUT2D eigenvalue weighted by Gasteiger charge is 2.05. The van der Waals surface area contributed by atoms with Gasteiger partial charge < -0.3 is 15.4 Å². The molecule has 1 amide bonds. The molecule has 1 atom stereocenters. The molecule has 1 aromatic heterocycles. The van der Waals surface area contributed by atoms with E-state index in [4.69, 9.17) is 10.5 Å². The summed E-state index contributed by atoms with van der Waals surface area (Å²) in [5, 5.41) is 0. The van der Waals surface area contributed by atoms with Crippen molar-refractivity contribution < 1.29 is 9.53 Å². The first-order valence-corrected chi connectivity index (χ1v) is 6.56. The number of ether oxygens (including phenoxy) is 1. The molecule has 19 heavy (non-hydrogen) atoms. The van der Waals surface area contributed by atoms with Crippen molar-refractivity contribution >= 4 is 5.91 Å². The molecule has 2 N–H and O–H groups in total. The van der Waals surface area contributed by atoms with E-state index in [0.29, 0.717) is 18.8 Å². The molecular formula is C14H23N3O2. The fraction of sp³-hybridized carbons (Fsp3) is 0.571. The maximum atomic E-state index is 11.4. The van der Waals surface area contributed by atoms with Crippen LogP contribution in [-0.4, -0.2) is 42.5 Å². The summed E-state index contributed by atoms with van der Waals surface area (Å²) in [4.78, 5) is 17.2. The minimum absolute atomic E-state index is 0.0542. The Morgan fingerprint density at radius 2 is 2.21 bits per heavy atom. The molecule has 5 heteroatoms. The van der Waals surface area contributed by atoms with Crippen LogP contribution in [0.15, 0.2) is 18.3 Å². The van der Waals surface area contributed by atoms with E-state index in [0.717, 1.165) is 18.5 Å². The smallest absolute Gasteiger partial charge is 0.225 e. The summed E-state index contributed by atoms with van der Waals surface area (Å²) in [6.07, 6.45) is 3.76. The lowest BCUT2D eigenvalue weighted by Crippen LogP contribution is -2.23. The lowest BCUT2D eigenvalue weighted by molar-refractivity contribution is -0.129. The van der Waals surface area contributed by atoms with E-state index in [1.54, 1.807) is 25.2 Å². The number of pyridine rings is 1. The molecule has 1 unspecified atom stereocenters. The molecule has 0 aromatic carbocycles. The SMILES string of the molecule is CCC(N)Cc1ccc(OCCC(=O)N(C)C)cn1. The fourth-order valence-electron chi connectivity index (χ4n) is 1.51. The largest absolute Gasteiger partial charge is 0.491 e. The van der Waals surface area contributed by atoms with Crippen molar-refractivity contribution in [1.29, 1.82) is 0 Å². The Morgan fingerprint density at radius 3 is 2.74 bits per heavy atom. The Kier molecular flexibility index (Phi) is 6.29. The van der Waals surface area contributed by atoms with Gasteiger partial charge in [0.15, 0.2) is 0 Å². The van der Waals surface area contributed by atoms with Crippen LogP contribution in [-0.2, 0) is 11.2 Å². The van der Waals surface area contributed by atoms with E-state index < -0.39 is 0 Å². The van der Waals surface area contributed by atoms with Crippen LogP contribution in [0.25, 0.3) is 0 Å². The van der Waals surface area contributed by atoms with E-state index in [2.05, 4.69) is 11.9 Å². The third-order valence-electron chi connectivity index (χ3n) is 2.88. The van der Waals surface area contributed by atoms with E-state index in [1.807, 2.05) is 12.1 Å². The van der Waals surface area contributed by atoms with Gasteiger partial charge in [0, 0.05) is 32.3 Å². The van der Waals surface area contributed by atoms with Gasteiger partial charge in [-0.25, -0.2) is 0 Å². The van der Waals surface area contributed by atoms with Crippen molar-refractivity contribution in [3.05, 3.63) is 24.0 Å². The second kappa shape index (κ2) is 7.74. The molecule has 0 aliphatic carbocycles. The number of rotatable bonds is 7. The number of carbonyl (C=O) groups is 1. The molecule has 0 saturated carbocycles. The molecule has 0 spiro atoms. The molecule has 106 valence electrons. The van der Waals surface area contributed by atoms with Crippen LogP contribution in [0.5, 0.6) is 5.75 Å². The van der Waals surface area contributed by atoms with Crippen LogP contribution in [0.4, 0.5) is 0 Å². The molecule has 0 aliphatic rings. The van der Waals surface area contributed by atoms with E-state index in [-0.39, 0.29) is 11.9 Å². The zero-order valence-electron chi connectivity index (χ0n) is 11.9. The highest BCUT2D eigenvalue weighted by atomic mass is 16.5. The van der Waals surface area contributed by atoms with Crippen LogP contribution in [0, 0.1) is 0 Å². The van der Waals surface area contributed by atoms with Crippen LogP contribution in [0.3, 0.4) is 0 Å². The van der Waals surface area contributed by atoms with E-state index >= 15 is 0 Å². The molecule has 1 rings (SSSR count). The van der Waals surface area contributed by atoms with Gasteiger partial charge in [-0.05, 0) is 18.6 Å². The number of carbonyl (C=O) groups excluding carboxylic acids is 1. The molecule has 0 aliphatic heterocycles. The average Bonchev–Trinajstić information content (AvgIpc) is 2.40. The van der Waals surface area contributed by atoms with Crippen molar-refractivity contribution in [2.24, 2.45) is 5.73 Å². The van der Waals surface area contributed by atoms with Crippen LogP contribution < -0.4 is 10.5 Å². The Hall–Kier alpha value is -1.62. The molecule has 0 saturated heterocycles. The zero-order valence-corrected chi connectivity index (χ0v) is 11.9. The first-order valence-electron chi connectivity index (χ1n) is 6.56. The van der Waals surface area contributed by atoms with Crippen molar-refractivity contribution in [3.8, 4) is 5.75 Å². The van der Waals surface area contributed by atoms with Gasteiger partial charge in [0.2, 0.25) is 5.91 Å². The van der Waals surface area contributed by atoms with Gasteiger partial charge in [0.05, 0.1) is 19.2 Å². The minimum Gasteiger partial charge on any atom is -0.491 e. The summed E-state index contributed by atoms with van der Waals surface area (Å²) in [6.45, 7) is 2.43. The normalized spacial score (nSPS) is 12.0. The van der Waals surface area contributed by atoms with Crippen LogP contribution in [0.1, 0.15) is 25.5 Å². The zero-order chi connectivity index (χ0) is 14.3. The molecule has 5 nitrogen and oxygen atoms in total.